The second-order valence-corrected chi connectivity index (χ2v) is 5.45. The van der Waals surface area contributed by atoms with Crippen molar-refractivity contribution in [2.24, 2.45) is 0 Å². The van der Waals surface area contributed by atoms with E-state index in [2.05, 4.69) is 19.2 Å². The topological polar surface area (TPSA) is 12.0 Å². The van der Waals surface area contributed by atoms with Gasteiger partial charge in [0, 0.05) is 17.8 Å². The van der Waals surface area contributed by atoms with E-state index in [1.807, 2.05) is 12.1 Å². The van der Waals surface area contributed by atoms with Crippen LogP contribution in [0.4, 0.5) is 4.39 Å². The van der Waals surface area contributed by atoms with Crippen molar-refractivity contribution < 1.29 is 4.39 Å². The molecule has 1 nitrogen and oxygen atoms in total. The zero-order chi connectivity index (χ0) is 12.9. The van der Waals surface area contributed by atoms with Crippen LogP contribution in [0.2, 0.25) is 0 Å². The van der Waals surface area contributed by atoms with Gasteiger partial charge < -0.3 is 5.32 Å². The van der Waals surface area contributed by atoms with Crippen LogP contribution in [0, 0.1) is 12.7 Å². The summed E-state index contributed by atoms with van der Waals surface area (Å²) in [5.74, 6) is 0.544. The fourth-order valence-electron chi connectivity index (χ4n) is 1.76. The molecule has 0 aliphatic carbocycles. The van der Waals surface area contributed by atoms with E-state index in [9.17, 15) is 4.39 Å². The first-order chi connectivity index (χ1) is 7.97. The van der Waals surface area contributed by atoms with E-state index in [0.717, 1.165) is 25.1 Å². The smallest absolute Gasteiger partial charge is 0.126 e. The Kier molecular flexibility index (Phi) is 5.41. The average molecular weight is 258 g/mol. The second kappa shape index (κ2) is 6.36. The molecule has 0 bridgehead atoms. The first kappa shape index (κ1) is 14.5. The van der Waals surface area contributed by atoms with Gasteiger partial charge in [0.1, 0.15) is 5.82 Å². The fraction of sp³-hybridized carbons (Fsp3) is 0.571. The predicted octanol–water partition coefficient (Wildman–Crippen LogP) is 3.63. The molecule has 3 heteroatoms. The summed E-state index contributed by atoms with van der Waals surface area (Å²) in [6.45, 7) is 7.92. The van der Waals surface area contributed by atoms with Crippen molar-refractivity contribution >= 4 is 11.6 Å². The third kappa shape index (κ3) is 4.29. The van der Waals surface area contributed by atoms with Gasteiger partial charge in [-0.3, -0.25) is 0 Å². The zero-order valence-electron chi connectivity index (χ0n) is 10.8. The third-order valence-electron chi connectivity index (χ3n) is 2.99. The number of alkyl halides is 1. The molecule has 0 atom stereocenters. The van der Waals surface area contributed by atoms with Gasteiger partial charge in [-0.1, -0.05) is 26.0 Å². The van der Waals surface area contributed by atoms with E-state index in [1.165, 1.54) is 0 Å². The quantitative estimate of drug-likeness (QED) is 0.606. The Hall–Kier alpha value is -0.600. The van der Waals surface area contributed by atoms with E-state index in [4.69, 9.17) is 11.6 Å². The van der Waals surface area contributed by atoms with E-state index in [1.54, 1.807) is 13.0 Å². The summed E-state index contributed by atoms with van der Waals surface area (Å²) in [4.78, 5) is 0. The van der Waals surface area contributed by atoms with Crippen LogP contribution in [0.25, 0.3) is 0 Å². The molecule has 1 aromatic carbocycles. The minimum Gasteiger partial charge on any atom is -0.316 e. The Morgan fingerprint density at radius 2 is 2.06 bits per heavy atom. The van der Waals surface area contributed by atoms with Gasteiger partial charge in [0.25, 0.3) is 0 Å². The first-order valence-corrected chi connectivity index (χ1v) is 6.54. The van der Waals surface area contributed by atoms with Crippen molar-refractivity contribution in [2.45, 2.75) is 32.6 Å². The highest BCUT2D eigenvalue weighted by Gasteiger charge is 2.20. The summed E-state index contributed by atoms with van der Waals surface area (Å²) in [6.07, 6.45) is 0.972. The van der Waals surface area contributed by atoms with Crippen LogP contribution in [0.5, 0.6) is 0 Å². The summed E-state index contributed by atoms with van der Waals surface area (Å²) in [5, 5.41) is 3.38. The Bertz CT molecular complexity index is 363. The molecule has 0 unspecified atom stereocenters. The SMILES string of the molecule is Cc1cc(C(C)(C)CNCCCCl)ccc1F. The summed E-state index contributed by atoms with van der Waals surface area (Å²) < 4.78 is 13.2. The van der Waals surface area contributed by atoms with Crippen LogP contribution in [-0.4, -0.2) is 19.0 Å². The van der Waals surface area contributed by atoms with Crippen molar-refractivity contribution in [1.82, 2.24) is 5.32 Å². The molecule has 0 amide bonds. The number of hydrogen-bond donors (Lipinski definition) is 1. The van der Waals surface area contributed by atoms with E-state index in [0.29, 0.717) is 11.4 Å². The largest absolute Gasteiger partial charge is 0.316 e. The van der Waals surface area contributed by atoms with Crippen molar-refractivity contribution in [1.29, 1.82) is 0 Å². The van der Waals surface area contributed by atoms with Crippen molar-refractivity contribution in [3.8, 4) is 0 Å². The molecular formula is C14H21ClFN. The molecule has 0 spiro atoms. The zero-order valence-corrected chi connectivity index (χ0v) is 11.6. The van der Waals surface area contributed by atoms with Crippen LogP contribution in [-0.2, 0) is 5.41 Å². The lowest BCUT2D eigenvalue weighted by molar-refractivity contribution is 0.468. The first-order valence-electron chi connectivity index (χ1n) is 6.00. The Labute approximate surface area is 108 Å². The molecule has 0 saturated carbocycles. The van der Waals surface area contributed by atoms with Crippen LogP contribution >= 0.6 is 11.6 Å². The van der Waals surface area contributed by atoms with Gasteiger partial charge >= 0.3 is 0 Å². The van der Waals surface area contributed by atoms with Crippen molar-refractivity contribution in [2.75, 3.05) is 19.0 Å². The van der Waals surface area contributed by atoms with Gasteiger partial charge in [-0.2, -0.15) is 0 Å². The van der Waals surface area contributed by atoms with Gasteiger partial charge in [-0.15, -0.1) is 11.6 Å². The van der Waals surface area contributed by atoms with E-state index >= 15 is 0 Å². The Morgan fingerprint density at radius 1 is 1.35 bits per heavy atom. The highest BCUT2D eigenvalue weighted by Crippen LogP contribution is 2.24. The molecule has 1 N–H and O–H groups in total. The second-order valence-electron chi connectivity index (χ2n) is 5.07. The summed E-state index contributed by atoms with van der Waals surface area (Å²) in [7, 11) is 0. The Morgan fingerprint density at radius 3 is 2.65 bits per heavy atom. The summed E-state index contributed by atoms with van der Waals surface area (Å²) in [5.41, 5.74) is 1.87. The lowest BCUT2D eigenvalue weighted by Gasteiger charge is -2.26. The van der Waals surface area contributed by atoms with Crippen LogP contribution in [0.15, 0.2) is 18.2 Å². The minimum atomic E-state index is -0.139. The lowest BCUT2D eigenvalue weighted by atomic mass is 9.84. The fourth-order valence-corrected chi connectivity index (χ4v) is 1.89. The third-order valence-corrected chi connectivity index (χ3v) is 3.26. The van der Waals surface area contributed by atoms with Crippen molar-refractivity contribution in [3.63, 3.8) is 0 Å². The molecule has 0 fully saturated rings. The normalized spacial score (nSPS) is 11.8. The van der Waals surface area contributed by atoms with Gasteiger partial charge in [-0.25, -0.2) is 4.39 Å². The molecule has 1 rings (SSSR count). The summed E-state index contributed by atoms with van der Waals surface area (Å²) >= 11 is 5.63. The predicted molar refractivity (Wildman–Crippen MR) is 72.4 cm³/mol. The van der Waals surface area contributed by atoms with E-state index < -0.39 is 0 Å². The molecule has 0 aliphatic heterocycles. The maximum Gasteiger partial charge on any atom is 0.126 e. The highest BCUT2D eigenvalue weighted by atomic mass is 35.5. The van der Waals surface area contributed by atoms with E-state index in [-0.39, 0.29) is 11.2 Å². The van der Waals surface area contributed by atoms with Crippen LogP contribution < -0.4 is 5.32 Å². The molecule has 0 radical (unpaired) electrons. The molecular weight excluding hydrogens is 237 g/mol. The average Bonchev–Trinajstić information content (AvgIpc) is 2.28. The number of hydrogen-bond acceptors (Lipinski definition) is 1. The number of benzene rings is 1. The van der Waals surface area contributed by atoms with Gasteiger partial charge in [0.15, 0.2) is 0 Å². The van der Waals surface area contributed by atoms with Gasteiger partial charge in [0.05, 0.1) is 0 Å². The monoisotopic (exact) mass is 257 g/mol. The lowest BCUT2D eigenvalue weighted by Crippen LogP contribution is -2.33. The molecule has 96 valence electrons. The summed E-state index contributed by atoms with van der Waals surface area (Å²) in [6, 6.07) is 5.34. The number of halogens is 2. The molecule has 0 aliphatic rings. The molecule has 1 aromatic rings. The van der Waals surface area contributed by atoms with Crippen LogP contribution in [0.3, 0.4) is 0 Å². The molecule has 17 heavy (non-hydrogen) atoms. The highest BCUT2D eigenvalue weighted by molar-refractivity contribution is 6.17. The van der Waals surface area contributed by atoms with Gasteiger partial charge in [-0.05, 0) is 37.1 Å². The molecule has 0 saturated heterocycles. The van der Waals surface area contributed by atoms with Crippen molar-refractivity contribution in [3.05, 3.63) is 35.1 Å². The number of aryl methyl sites for hydroxylation is 1. The maximum absolute atomic E-state index is 13.2. The number of nitrogens with one attached hydrogen (secondary N) is 1. The number of rotatable bonds is 6. The standard InChI is InChI=1S/C14H21ClFN/c1-11-9-12(5-6-13(11)16)14(2,3)10-17-8-4-7-15/h5-6,9,17H,4,7-8,10H2,1-3H3. The molecule has 0 heterocycles. The Balaban J connectivity index is 2.64. The van der Waals surface area contributed by atoms with Crippen LogP contribution in [0.1, 0.15) is 31.4 Å². The van der Waals surface area contributed by atoms with Gasteiger partial charge in [0.2, 0.25) is 0 Å². The maximum atomic E-state index is 13.2. The minimum absolute atomic E-state index is 0.00473. The molecule has 0 aromatic heterocycles.